The van der Waals surface area contributed by atoms with E-state index in [0.717, 1.165) is 32.8 Å². The first-order valence-electron chi connectivity index (χ1n) is 8.52. The fourth-order valence-electron chi connectivity index (χ4n) is 3.59. The van der Waals surface area contributed by atoms with Crippen molar-refractivity contribution in [3.05, 3.63) is 0 Å². The zero-order chi connectivity index (χ0) is 17.2. The first-order valence-corrected chi connectivity index (χ1v) is 10.3. The molecule has 3 heterocycles. The van der Waals surface area contributed by atoms with Gasteiger partial charge in [-0.05, 0) is 6.42 Å². The van der Waals surface area contributed by atoms with Crippen molar-refractivity contribution in [3.63, 3.8) is 0 Å². The predicted molar refractivity (Wildman–Crippen MR) is 87.1 cm³/mol. The van der Waals surface area contributed by atoms with Crippen LogP contribution in [0, 0.1) is 5.92 Å². The van der Waals surface area contributed by atoms with E-state index in [0.29, 0.717) is 19.5 Å². The van der Waals surface area contributed by atoms with Gasteiger partial charge in [-0.15, -0.1) is 0 Å². The van der Waals surface area contributed by atoms with Crippen LogP contribution in [0.2, 0.25) is 0 Å². The summed E-state index contributed by atoms with van der Waals surface area (Å²) in [4.78, 5) is 28.2. The summed E-state index contributed by atoms with van der Waals surface area (Å²) >= 11 is 0. The average Bonchev–Trinajstić information content (AvgIpc) is 3.10. The van der Waals surface area contributed by atoms with Crippen molar-refractivity contribution in [2.45, 2.75) is 18.9 Å². The average molecular weight is 359 g/mol. The van der Waals surface area contributed by atoms with Crippen molar-refractivity contribution in [2.24, 2.45) is 5.92 Å². The van der Waals surface area contributed by atoms with Crippen molar-refractivity contribution in [1.82, 2.24) is 15.1 Å². The Morgan fingerprint density at radius 1 is 1.29 bits per heavy atom. The van der Waals surface area contributed by atoms with Gasteiger partial charge in [0.2, 0.25) is 11.8 Å². The summed E-state index contributed by atoms with van der Waals surface area (Å²) in [5.74, 6) is -0.419. The number of likely N-dealkylation sites (tertiary alicyclic amines) is 1. The van der Waals surface area contributed by atoms with Crippen molar-refractivity contribution < 1.29 is 22.7 Å². The van der Waals surface area contributed by atoms with Gasteiger partial charge in [-0.1, -0.05) is 0 Å². The summed E-state index contributed by atoms with van der Waals surface area (Å²) in [5, 5.41) is 2.90. The number of hydrogen-bond donors (Lipinski definition) is 1. The molecule has 0 radical (unpaired) electrons. The highest BCUT2D eigenvalue weighted by molar-refractivity contribution is 7.91. The molecule has 0 bridgehead atoms. The van der Waals surface area contributed by atoms with Gasteiger partial charge in [0.25, 0.3) is 0 Å². The summed E-state index contributed by atoms with van der Waals surface area (Å²) in [5.41, 5.74) is 0. The van der Waals surface area contributed by atoms with Gasteiger partial charge in [0.1, 0.15) is 0 Å². The van der Waals surface area contributed by atoms with Gasteiger partial charge >= 0.3 is 0 Å². The van der Waals surface area contributed by atoms with Crippen molar-refractivity contribution in [1.29, 1.82) is 0 Å². The Bertz CT molecular complexity index is 588. The Morgan fingerprint density at radius 2 is 2.04 bits per heavy atom. The summed E-state index contributed by atoms with van der Waals surface area (Å²) in [7, 11) is -3.03. The minimum absolute atomic E-state index is 0.0319. The third-order valence-corrected chi connectivity index (χ3v) is 6.76. The number of nitrogens with one attached hydrogen (secondary N) is 1. The van der Waals surface area contributed by atoms with Gasteiger partial charge in [-0.25, -0.2) is 8.42 Å². The van der Waals surface area contributed by atoms with Crippen LogP contribution in [0.3, 0.4) is 0 Å². The molecule has 8 nitrogen and oxygen atoms in total. The van der Waals surface area contributed by atoms with E-state index in [-0.39, 0.29) is 41.7 Å². The minimum atomic E-state index is -3.03. The lowest BCUT2D eigenvalue weighted by Gasteiger charge is -2.26. The van der Waals surface area contributed by atoms with Gasteiger partial charge < -0.3 is 15.0 Å². The third-order valence-electron chi connectivity index (χ3n) is 5.01. The molecule has 0 aromatic heterocycles. The summed E-state index contributed by atoms with van der Waals surface area (Å²) < 4.78 is 28.4. The molecule has 2 atom stereocenters. The quantitative estimate of drug-likeness (QED) is 0.640. The Kier molecular flexibility index (Phi) is 5.41. The molecule has 0 aromatic rings. The molecule has 3 saturated heterocycles. The van der Waals surface area contributed by atoms with Gasteiger partial charge in [0.15, 0.2) is 9.84 Å². The zero-order valence-corrected chi connectivity index (χ0v) is 14.6. The highest BCUT2D eigenvalue weighted by Crippen LogP contribution is 2.26. The molecule has 3 aliphatic heterocycles. The van der Waals surface area contributed by atoms with Crippen molar-refractivity contribution in [2.75, 3.05) is 57.4 Å². The Balaban J connectivity index is 1.44. The number of carbonyl (C=O) groups excluding carboxylic acids is 2. The summed E-state index contributed by atoms with van der Waals surface area (Å²) in [6.07, 6.45) is 0.666. The molecule has 3 aliphatic rings. The van der Waals surface area contributed by atoms with Crippen molar-refractivity contribution >= 4 is 21.7 Å². The van der Waals surface area contributed by atoms with Crippen LogP contribution in [0.5, 0.6) is 0 Å². The molecule has 0 saturated carbocycles. The molecule has 136 valence electrons. The molecule has 0 aromatic carbocycles. The standard InChI is InChI=1S/C15H25N3O5S/c19-14-9-12(10-18(14)13-1-8-24(21,22)11-13)15(20)16-2-3-17-4-6-23-7-5-17/h12-13H,1-11H2,(H,16,20). The fraction of sp³-hybridized carbons (Fsp3) is 0.867. The maximum Gasteiger partial charge on any atom is 0.225 e. The number of rotatable bonds is 5. The number of morpholine rings is 1. The maximum atomic E-state index is 12.3. The van der Waals surface area contributed by atoms with E-state index in [1.807, 2.05) is 0 Å². The molecule has 0 aliphatic carbocycles. The number of carbonyl (C=O) groups is 2. The van der Waals surface area contributed by atoms with E-state index < -0.39 is 9.84 Å². The first kappa shape index (κ1) is 17.6. The number of ether oxygens (including phenoxy) is 1. The fourth-order valence-corrected chi connectivity index (χ4v) is 5.32. The molecule has 24 heavy (non-hydrogen) atoms. The van der Waals surface area contributed by atoms with Crippen molar-refractivity contribution in [3.8, 4) is 0 Å². The predicted octanol–water partition coefficient (Wildman–Crippen LogP) is -1.53. The number of amides is 2. The van der Waals surface area contributed by atoms with Crippen LogP contribution < -0.4 is 5.32 Å². The highest BCUT2D eigenvalue weighted by Gasteiger charge is 2.41. The Labute approximate surface area is 142 Å². The van der Waals surface area contributed by atoms with Gasteiger partial charge in [0, 0.05) is 45.2 Å². The number of nitrogens with zero attached hydrogens (tertiary/aromatic N) is 2. The molecule has 3 rings (SSSR count). The van der Waals surface area contributed by atoms with Crippen LogP contribution in [0.25, 0.3) is 0 Å². The van der Waals surface area contributed by atoms with Crippen LogP contribution in [-0.4, -0.2) is 93.5 Å². The third kappa shape index (κ3) is 4.25. The van der Waals surface area contributed by atoms with Crippen LogP contribution in [0.1, 0.15) is 12.8 Å². The topological polar surface area (TPSA) is 96.0 Å². The maximum absolute atomic E-state index is 12.3. The second-order valence-electron chi connectivity index (χ2n) is 6.75. The van der Waals surface area contributed by atoms with E-state index in [9.17, 15) is 18.0 Å². The van der Waals surface area contributed by atoms with Crippen LogP contribution >= 0.6 is 0 Å². The smallest absolute Gasteiger partial charge is 0.225 e. The molecule has 9 heteroatoms. The van der Waals surface area contributed by atoms with Gasteiger partial charge in [-0.3, -0.25) is 14.5 Å². The van der Waals surface area contributed by atoms with E-state index >= 15 is 0 Å². The Hall–Kier alpha value is -1.19. The molecule has 1 N–H and O–H groups in total. The molecule has 2 unspecified atom stereocenters. The van der Waals surface area contributed by atoms with E-state index in [4.69, 9.17) is 4.74 Å². The lowest BCUT2D eigenvalue weighted by atomic mass is 10.1. The number of sulfone groups is 1. The SMILES string of the molecule is O=C(NCCN1CCOCC1)C1CC(=O)N(C2CCS(=O)(=O)C2)C1. The zero-order valence-electron chi connectivity index (χ0n) is 13.8. The second-order valence-corrected chi connectivity index (χ2v) is 8.98. The molecule has 0 spiro atoms. The monoisotopic (exact) mass is 359 g/mol. The summed E-state index contributed by atoms with van der Waals surface area (Å²) in [6.45, 7) is 4.88. The van der Waals surface area contributed by atoms with Crippen LogP contribution in [0.15, 0.2) is 0 Å². The molecular formula is C15H25N3O5S. The molecular weight excluding hydrogens is 334 g/mol. The van der Waals surface area contributed by atoms with Gasteiger partial charge in [0.05, 0.1) is 30.6 Å². The lowest BCUT2D eigenvalue weighted by Crippen LogP contribution is -2.43. The lowest BCUT2D eigenvalue weighted by molar-refractivity contribution is -0.130. The minimum Gasteiger partial charge on any atom is -0.379 e. The highest BCUT2D eigenvalue weighted by atomic mass is 32.2. The first-order chi connectivity index (χ1) is 11.4. The molecule has 2 amide bonds. The Morgan fingerprint density at radius 3 is 2.71 bits per heavy atom. The van der Waals surface area contributed by atoms with Crippen LogP contribution in [0.4, 0.5) is 0 Å². The largest absolute Gasteiger partial charge is 0.379 e. The number of hydrogen-bond acceptors (Lipinski definition) is 6. The van der Waals surface area contributed by atoms with E-state index in [1.54, 1.807) is 4.90 Å². The van der Waals surface area contributed by atoms with E-state index in [1.165, 1.54) is 0 Å². The second kappa shape index (κ2) is 7.37. The van der Waals surface area contributed by atoms with Crippen LogP contribution in [-0.2, 0) is 24.2 Å². The normalized spacial score (nSPS) is 30.7. The summed E-state index contributed by atoms with van der Waals surface area (Å²) in [6, 6.07) is -0.256. The molecule has 3 fully saturated rings. The van der Waals surface area contributed by atoms with E-state index in [2.05, 4.69) is 10.2 Å². The van der Waals surface area contributed by atoms with Gasteiger partial charge in [-0.2, -0.15) is 0 Å².